The van der Waals surface area contributed by atoms with Gasteiger partial charge in [0.1, 0.15) is 11.5 Å². The Labute approximate surface area is 197 Å². The third kappa shape index (κ3) is 6.75. The summed E-state index contributed by atoms with van der Waals surface area (Å²) in [7, 11) is 0. The van der Waals surface area contributed by atoms with Crippen molar-refractivity contribution in [3.05, 3.63) is 24.3 Å². The first-order valence-electron chi connectivity index (χ1n) is 11.8. The fourth-order valence-corrected chi connectivity index (χ4v) is 4.51. The van der Waals surface area contributed by atoms with Crippen molar-refractivity contribution in [1.82, 2.24) is 19.6 Å². The van der Waals surface area contributed by atoms with Crippen LogP contribution in [0.1, 0.15) is 19.3 Å². The van der Waals surface area contributed by atoms with Gasteiger partial charge in [-0.2, -0.15) is 0 Å². The molecular formula is C23H31F3N4O4. The molecule has 0 N–H and O–H groups in total. The van der Waals surface area contributed by atoms with Gasteiger partial charge in [-0.05, 0) is 37.1 Å². The van der Waals surface area contributed by atoms with Crippen LogP contribution in [0.4, 0.5) is 13.2 Å². The molecule has 0 spiro atoms. The lowest BCUT2D eigenvalue weighted by atomic mass is 9.91. The van der Waals surface area contributed by atoms with Crippen LogP contribution < -0.4 is 9.47 Å². The molecular weight excluding hydrogens is 453 g/mol. The van der Waals surface area contributed by atoms with Gasteiger partial charge in [-0.3, -0.25) is 19.4 Å². The fraction of sp³-hybridized carbons (Fsp3) is 0.652. The Kier molecular flexibility index (Phi) is 7.82. The smallest absolute Gasteiger partial charge is 0.484 e. The van der Waals surface area contributed by atoms with Crippen molar-refractivity contribution >= 4 is 11.8 Å². The minimum Gasteiger partial charge on any atom is -0.484 e. The predicted octanol–water partition coefficient (Wildman–Crippen LogP) is 1.80. The number of carbonyl (C=O) groups excluding carboxylic acids is 2. The fourth-order valence-electron chi connectivity index (χ4n) is 4.51. The molecule has 0 unspecified atom stereocenters. The van der Waals surface area contributed by atoms with Gasteiger partial charge in [0, 0.05) is 58.4 Å². The maximum Gasteiger partial charge on any atom is 0.573 e. The summed E-state index contributed by atoms with van der Waals surface area (Å²) in [6, 6.07) is 5.63. The molecule has 0 bridgehead atoms. The van der Waals surface area contributed by atoms with E-state index in [-0.39, 0.29) is 29.9 Å². The Hall–Kier alpha value is -2.53. The number of nitrogens with zero attached hydrogens (tertiary/aromatic N) is 4. The molecule has 1 saturated carbocycles. The van der Waals surface area contributed by atoms with Gasteiger partial charge in [-0.15, -0.1) is 13.2 Å². The second-order valence-corrected chi connectivity index (χ2v) is 8.97. The topological polar surface area (TPSA) is 65.6 Å². The molecule has 2 heterocycles. The standard InChI is InChI=1S/C23H31F3N4O4/c24-23(25,26)34-20-6-4-19(5-7-20)33-17-22(32)30-10-8-27(9-11-30)16-21(31)29-14-12-28(13-15-29)18-2-1-3-18/h4-7,18H,1-3,8-17H2. The van der Waals surface area contributed by atoms with Crippen LogP contribution in [-0.2, 0) is 9.59 Å². The highest BCUT2D eigenvalue weighted by Crippen LogP contribution is 2.26. The number of carbonyl (C=O) groups is 2. The first-order valence-corrected chi connectivity index (χ1v) is 11.8. The van der Waals surface area contributed by atoms with E-state index in [9.17, 15) is 22.8 Å². The van der Waals surface area contributed by atoms with E-state index in [0.717, 1.165) is 44.4 Å². The molecule has 1 aromatic rings. The molecule has 188 valence electrons. The number of rotatable bonds is 7. The number of piperazine rings is 2. The largest absolute Gasteiger partial charge is 0.573 e. The van der Waals surface area contributed by atoms with Crippen LogP contribution in [0.2, 0.25) is 0 Å². The van der Waals surface area contributed by atoms with Crippen molar-refractivity contribution in [3.8, 4) is 11.5 Å². The van der Waals surface area contributed by atoms with E-state index in [4.69, 9.17) is 4.74 Å². The minimum absolute atomic E-state index is 0.148. The van der Waals surface area contributed by atoms with Gasteiger partial charge in [-0.1, -0.05) is 6.42 Å². The molecule has 8 nitrogen and oxygen atoms in total. The zero-order chi connectivity index (χ0) is 24.1. The summed E-state index contributed by atoms with van der Waals surface area (Å²) in [6.45, 7) is 5.88. The highest BCUT2D eigenvalue weighted by molar-refractivity contribution is 5.79. The number of hydrogen-bond acceptors (Lipinski definition) is 6. The number of alkyl halides is 3. The Bertz CT molecular complexity index is 832. The van der Waals surface area contributed by atoms with Gasteiger partial charge in [0.15, 0.2) is 6.61 Å². The highest BCUT2D eigenvalue weighted by atomic mass is 19.4. The highest BCUT2D eigenvalue weighted by Gasteiger charge is 2.32. The van der Waals surface area contributed by atoms with E-state index in [1.807, 2.05) is 4.90 Å². The van der Waals surface area contributed by atoms with Crippen LogP contribution in [0, 0.1) is 0 Å². The zero-order valence-electron chi connectivity index (χ0n) is 19.1. The average molecular weight is 485 g/mol. The molecule has 1 aliphatic carbocycles. The molecule has 2 aliphatic heterocycles. The van der Waals surface area contributed by atoms with E-state index in [0.29, 0.717) is 32.7 Å². The summed E-state index contributed by atoms with van der Waals surface area (Å²) < 4.78 is 45.9. The van der Waals surface area contributed by atoms with Gasteiger partial charge in [0.05, 0.1) is 6.54 Å². The van der Waals surface area contributed by atoms with Crippen LogP contribution in [0.15, 0.2) is 24.3 Å². The van der Waals surface area contributed by atoms with Gasteiger partial charge in [0.2, 0.25) is 5.91 Å². The van der Waals surface area contributed by atoms with Gasteiger partial charge < -0.3 is 19.3 Å². The van der Waals surface area contributed by atoms with E-state index in [2.05, 4.69) is 14.5 Å². The monoisotopic (exact) mass is 484 g/mol. The lowest BCUT2D eigenvalue weighted by Gasteiger charge is -2.43. The molecule has 1 aromatic carbocycles. The summed E-state index contributed by atoms with van der Waals surface area (Å²) in [6.07, 6.45) is -0.871. The molecule has 0 atom stereocenters. The molecule has 3 fully saturated rings. The van der Waals surface area contributed by atoms with Gasteiger partial charge in [0.25, 0.3) is 5.91 Å². The molecule has 0 radical (unpaired) electrons. The normalized spacial score (nSPS) is 20.7. The maximum absolute atomic E-state index is 12.7. The SMILES string of the molecule is O=C(COc1ccc(OC(F)(F)F)cc1)N1CCN(CC(=O)N2CCN(C3CCC3)CC2)CC1. The third-order valence-electron chi connectivity index (χ3n) is 6.76. The first-order chi connectivity index (χ1) is 16.3. The van der Waals surface area contributed by atoms with E-state index >= 15 is 0 Å². The lowest BCUT2D eigenvalue weighted by Crippen LogP contribution is -2.56. The van der Waals surface area contributed by atoms with Crippen molar-refractivity contribution < 1.29 is 32.2 Å². The van der Waals surface area contributed by atoms with Gasteiger partial charge >= 0.3 is 6.36 Å². The summed E-state index contributed by atoms with van der Waals surface area (Å²) in [5.41, 5.74) is 0. The number of halogens is 3. The molecule has 2 saturated heterocycles. The van der Waals surface area contributed by atoms with Crippen LogP contribution in [-0.4, -0.2) is 109 Å². The average Bonchev–Trinajstić information content (AvgIpc) is 2.77. The molecule has 34 heavy (non-hydrogen) atoms. The van der Waals surface area contributed by atoms with Crippen LogP contribution >= 0.6 is 0 Å². The number of amides is 2. The van der Waals surface area contributed by atoms with E-state index < -0.39 is 6.36 Å². The first kappa shape index (κ1) is 24.6. The Morgan fingerprint density at radius 3 is 1.94 bits per heavy atom. The zero-order valence-corrected chi connectivity index (χ0v) is 19.1. The second-order valence-electron chi connectivity index (χ2n) is 8.97. The van der Waals surface area contributed by atoms with Crippen molar-refractivity contribution in [2.24, 2.45) is 0 Å². The van der Waals surface area contributed by atoms with Gasteiger partial charge in [-0.25, -0.2) is 0 Å². The Morgan fingerprint density at radius 2 is 1.38 bits per heavy atom. The Balaban J connectivity index is 1.13. The minimum atomic E-state index is -4.75. The number of ether oxygens (including phenoxy) is 2. The summed E-state index contributed by atoms with van der Waals surface area (Å²) in [5.74, 6) is -0.121. The summed E-state index contributed by atoms with van der Waals surface area (Å²) in [5, 5.41) is 0. The number of benzene rings is 1. The van der Waals surface area contributed by atoms with Crippen molar-refractivity contribution in [1.29, 1.82) is 0 Å². The molecule has 2 amide bonds. The lowest BCUT2D eigenvalue weighted by molar-refractivity contribution is -0.274. The quantitative estimate of drug-likeness (QED) is 0.588. The van der Waals surface area contributed by atoms with Crippen LogP contribution in [0.5, 0.6) is 11.5 Å². The molecule has 3 aliphatic rings. The predicted molar refractivity (Wildman–Crippen MR) is 117 cm³/mol. The third-order valence-corrected chi connectivity index (χ3v) is 6.76. The Morgan fingerprint density at radius 1 is 0.824 bits per heavy atom. The van der Waals surface area contributed by atoms with Crippen molar-refractivity contribution in [2.75, 3.05) is 65.5 Å². The van der Waals surface area contributed by atoms with Crippen molar-refractivity contribution in [3.63, 3.8) is 0 Å². The van der Waals surface area contributed by atoms with Crippen LogP contribution in [0.25, 0.3) is 0 Å². The van der Waals surface area contributed by atoms with Crippen molar-refractivity contribution in [2.45, 2.75) is 31.7 Å². The second kappa shape index (κ2) is 10.8. The number of hydrogen-bond donors (Lipinski definition) is 0. The van der Waals surface area contributed by atoms with E-state index in [1.54, 1.807) is 4.90 Å². The summed E-state index contributed by atoms with van der Waals surface area (Å²) >= 11 is 0. The molecule has 11 heteroatoms. The van der Waals surface area contributed by atoms with E-state index in [1.165, 1.54) is 31.4 Å². The maximum atomic E-state index is 12.7. The molecule has 4 rings (SSSR count). The summed E-state index contributed by atoms with van der Waals surface area (Å²) in [4.78, 5) is 33.4. The van der Waals surface area contributed by atoms with Crippen LogP contribution in [0.3, 0.4) is 0 Å². The molecule has 0 aromatic heterocycles.